The zero-order chi connectivity index (χ0) is 14.1. The Bertz CT molecular complexity index is 504. The minimum atomic E-state index is -0.0422. The smallest absolute Gasteiger partial charge is 0.276 e. The van der Waals surface area contributed by atoms with Gasteiger partial charge < -0.3 is 10.6 Å². The highest BCUT2D eigenvalue weighted by atomic mass is 16.2. The van der Waals surface area contributed by atoms with Gasteiger partial charge in [0.15, 0.2) is 11.5 Å². The molecule has 2 fully saturated rings. The normalized spacial score (nSPS) is 29.9. The number of piperidine rings is 1. The van der Waals surface area contributed by atoms with Crippen LogP contribution < -0.4 is 5.73 Å². The second-order valence-electron chi connectivity index (χ2n) is 6.07. The number of amides is 1. The van der Waals surface area contributed by atoms with Gasteiger partial charge in [0.25, 0.3) is 5.91 Å². The number of rotatable bonds is 1. The first-order valence-electron chi connectivity index (χ1n) is 7.56. The van der Waals surface area contributed by atoms with E-state index in [1.807, 2.05) is 4.90 Å². The van der Waals surface area contributed by atoms with E-state index >= 15 is 0 Å². The summed E-state index contributed by atoms with van der Waals surface area (Å²) >= 11 is 0. The Labute approximate surface area is 119 Å². The van der Waals surface area contributed by atoms with Crippen LogP contribution in [0.3, 0.4) is 0 Å². The predicted octanol–water partition coefficient (Wildman–Crippen LogP) is 2.10. The lowest BCUT2D eigenvalue weighted by Gasteiger charge is -2.47. The lowest BCUT2D eigenvalue weighted by molar-refractivity contribution is 0.0214. The fraction of sp³-hybridized carbons (Fsp3) is 0.667. The largest absolute Gasteiger partial charge is 0.382 e. The third-order valence-corrected chi connectivity index (χ3v) is 4.93. The number of nitrogen functional groups attached to an aromatic ring is 1. The molecule has 2 heterocycles. The summed E-state index contributed by atoms with van der Waals surface area (Å²) in [4.78, 5) is 22.8. The van der Waals surface area contributed by atoms with E-state index in [-0.39, 0.29) is 11.7 Å². The Morgan fingerprint density at radius 2 is 2.00 bits per heavy atom. The van der Waals surface area contributed by atoms with Crippen molar-refractivity contribution in [2.75, 3.05) is 12.3 Å². The highest BCUT2D eigenvalue weighted by Gasteiger charge is 2.40. The summed E-state index contributed by atoms with van der Waals surface area (Å²) in [6.07, 6.45) is 9.00. The zero-order valence-corrected chi connectivity index (χ0v) is 12.0. The van der Waals surface area contributed by atoms with Gasteiger partial charge in [0, 0.05) is 25.0 Å². The Hall–Kier alpha value is -1.65. The SMILES string of the molecule is CC1CCN(C(=O)c2nccnc2N)C2CCCCC12. The molecule has 5 nitrogen and oxygen atoms in total. The lowest BCUT2D eigenvalue weighted by Crippen LogP contribution is -2.52. The molecule has 0 spiro atoms. The number of nitrogens with two attached hydrogens (primary N) is 1. The monoisotopic (exact) mass is 274 g/mol. The summed E-state index contributed by atoms with van der Waals surface area (Å²) in [5.41, 5.74) is 6.11. The van der Waals surface area contributed by atoms with Gasteiger partial charge in [-0.3, -0.25) is 4.79 Å². The maximum absolute atomic E-state index is 12.7. The van der Waals surface area contributed by atoms with Crippen molar-refractivity contribution < 1.29 is 4.79 Å². The molecule has 108 valence electrons. The number of hydrogen-bond donors (Lipinski definition) is 1. The van der Waals surface area contributed by atoms with Gasteiger partial charge in [-0.05, 0) is 31.1 Å². The van der Waals surface area contributed by atoms with Crippen molar-refractivity contribution >= 4 is 11.7 Å². The molecule has 2 aliphatic rings. The second kappa shape index (κ2) is 5.38. The maximum atomic E-state index is 12.7. The molecule has 2 N–H and O–H groups in total. The highest BCUT2D eigenvalue weighted by molar-refractivity contribution is 5.96. The lowest BCUT2D eigenvalue weighted by atomic mass is 9.72. The van der Waals surface area contributed by atoms with E-state index in [2.05, 4.69) is 16.9 Å². The molecule has 3 rings (SSSR count). The molecule has 1 aliphatic carbocycles. The third kappa shape index (κ3) is 2.25. The van der Waals surface area contributed by atoms with Crippen LogP contribution in [-0.4, -0.2) is 33.4 Å². The maximum Gasteiger partial charge on any atom is 0.276 e. The zero-order valence-electron chi connectivity index (χ0n) is 12.0. The van der Waals surface area contributed by atoms with Crippen LogP contribution in [0, 0.1) is 11.8 Å². The summed E-state index contributed by atoms with van der Waals surface area (Å²) in [7, 11) is 0. The number of carbonyl (C=O) groups is 1. The number of carbonyl (C=O) groups excluding carboxylic acids is 1. The summed E-state index contributed by atoms with van der Waals surface area (Å²) in [5, 5.41) is 0. The molecule has 20 heavy (non-hydrogen) atoms. The summed E-state index contributed by atoms with van der Waals surface area (Å²) in [6, 6.07) is 0.362. The van der Waals surface area contributed by atoms with Crippen molar-refractivity contribution in [3.05, 3.63) is 18.1 Å². The van der Waals surface area contributed by atoms with Crippen molar-refractivity contribution in [2.24, 2.45) is 11.8 Å². The Kier molecular flexibility index (Phi) is 3.59. The molecule has 1 aromatic rings. The van der Waals surface area contributed by atoms with E-state index in [0.717, 1.165) is 19.4 Å². The molecule has 1 saturated heterocycles. The van der Waals surface area contributed by atoms with E-state index in [9.17, 15) is 4.79 Å². The Morgan fingerprint density at radius 3 is 2.80 bits per heavy atom. The Morgan fingerprint density at radius 1 is 1.25 bits per heavy atom. The van der Waals surface area contributed by atoms with E-state index in [1.54, 1.807) is 0 Å². The average Bonchev–Trinajstić information content (AvgIpc) is 2.48. The first-order valence-corrected chi connectivity index (χ1v) is 7.56. The van der Waals surface area contributed by atoms with Crippen LogP contribution in [0.1, 0.15) is 49.5 Å². The molecule has 1 saturated carbocycles. The summed E-state index contributed by atoms with van der Waals surface area (Å²) in [5.74, 6) is 1.55. The van der Waals surface area contributed by atoms with Gasteiger partial charge in [0.2, 0.25) is 0 Å². The second-order valence-corrected chi connectivity index (χ2v) is 6.07. The van der Waals surface area contributed by atoms with E-state index in [4.69, 9.17) is 5.73 Å². The van der Waals surface area contributed by atoms with Gasteiger partial charge >= 0.3 is 0 Å². The molecule has 1 aliphatic heterocycles. The van der Waals surface area contributed by atoms with Crippen LogP contribution in [0.15, 0.2) is 12.4 Å². The number of aromatic nitrogens is 2. The van der Waals surface area contributed by atoms with E-state index in [0.29, 0.717) is 23.6 Å². The topological polar surface area (TPSA) is 72.1 Å². The molecule has 0 bridgehead atoms. The van der Waals surface area contributed by atoms with E-state index < -0.39 is 0 Å². The van der Waals surface area contributed by atoms with Gasteiger partial charge in [-0.25, -0.2) is 9.97 Å². The van der Waals surface area contributed by atoms with Crippen LogP contribution >= 0.6 is 0 Å². The van der Waals surface area contributed by atoms with Gasteiger partial charge in [-0.2, -0.15) is 0 Å². The van der Waals surface area contributed by atoms with Crippen LogP contribution in [0.5, 0.6) is 0 Å². The summed E-state index contributed by atoms with van der Waals surface area (Å²) < 4.78 is 0. The van der Waals surface area contributed by atoms with Gasteiger partial charge in [-0.1, -0.05) is 19.8 Å². The molecular weight excluding hydrogens is 252 g/mol. The molecule has 1 amide bonds. The van der Waals surface area contributed by atoms with Crippen molar-refractivity contribution in [3.63, 3.8) is 0 Å². The fourth-order valence-corrected chi connectivity index (χ4v) is 3.82. The van der Waals surface area contributed by atoms with E-state index in [1.165, 1.54) is 31.7 Å². The number of hydrogen-bond acceptors (Lipinski definition) is 4. The van der Waals surface area contributed by atoms with Gasteiger partial charge in [-0.15, -0.1) is 0 Å². The Balaban J connectivity index is 1.85. The average molecular weight is 274 g/mol. The molecule has 5 heteroatoms. The van der Waals surface area contributed by atoms with Crippen molar-refractivity contribution in [3.8, 4) is 0 Å². The van der Waals surface area contributed by atoms with Crippen molar-refractivity contribution in [1.82, 2.24) is 14.9 Å². The van der Waals surface area contributed by atoms with Crippen molar-refractivity contribution in [1.29, 1.82) is 0 Å². The number of anilines is 1. The summed E-state index contributed by atoms with van der Waals surface area (Å²) in [6.45, 7) is 3.14. The minimum absolute atomic E-state index is 0.0422. The van der Waals surface area contributed by atoms with Gasteiger partial charge in [0.1, 0.15) is 0 Å². The first kappa shape index (κ1) is 13.3. The number of nitrogens with zero attached hydrogens (tertiary/aromatic N) is 3. The highest BCUT2D eigenvalue weighted by Crippen LogP contribution is 2.39. The molecule has 0 aromatic carbocycles. The number of likely N-dealkylation sites (tertiary alicyclic amines) is 1. The van der Waals surface area contributed by atoms with Crippen molar-refractivity contribution in [2.45, 2.75) is 45.1 Å². The molecule has 0 radical (unpaired) electrons. The van der Waals surface area contributed by atoms with Crippen LogP contribution in [0.4, 0.5) is 5.82 Å². The molecule has 1 aromatic heterocycles. The molecular formula is C15H22N4O. The van der Waals surface area contributed by atoms with Crippen LogP contribution in [0.25, 0.3) is 0 Å². The van der Waals surface area contributed by atoms with Crippen LogP contribution in [0.2, 0.25) is 0 Å². The van der Waals surface area contributed by atoms with Gasteiger partial charge in [0.05, 0.1) is 0 Å². The first-order chi connectivity index (χ1) is 9.68. The quantitative estimate of drug-likeness (QED) is 0.851. The molecule has 3 unspecified atom stereocenters. The predicted molar refractivity (Wildman–Crippen MR) is 77.0 cm³/mol. The minimum Gasteiger partial charge on any atom is -0.382 e. The third-order valence-electron chi connectivity index (χ3n) is 4.93. The fourth-order valence-electron chi connectivity index (χ4n) is 3.82. The number of fused-ring (bicyclic) bond motifs is 1. The van der Waals surface area contributed by atoms with Crippen LogP contribution in [-0.2, 0) is 0 Å². The molecule has 3 atom stereocenters. The standard InChI is InChI=1S/C15H22N4O/c1-10-6-9-19(12-5-3-2-4-11(10)12)15(20)13-14(16)18-8-7-17-13/h7-8,10-12H,2-6,9H2,1H3,(H2,16,18).